The van der Waals surface area contributed by atoms with Crippen molar-refractivity contribution in [1.29, 1.82) is 0 Å². The number of carbonyl (C=O) groups excluding carboxylic acids is 3. The van der Waals surface area contributed by atoms with Gasteiger partial charge in [-0.2, -0.15) is 8.42 Å². The number of rotatable bonds is 12. The van der Waals surface area contributed by atoms with Gasteiger partial charge in [-0.1, -0.05) is 74.5 Å². The van der Waals surface area contributed by atoms with Crippen LogP contribution in [0.15, 0.2) is 60.7 Å². The van der Waals surface area contributed by atoms with Crippen molar-refractivity contribution in [2.75, 3.05) is 6.54 Å². The fraction of sp³-hybridized carbons (Fsp3) is 0.400. The minimum absolute atomic E-state index is 0.170. The fourth-order valence-electron chi connectivity index (χ4n) is 3.67. The van der Waals surface area contributed by atoms with E-state index in [1.165, 1.54) is 19.1 Å². The van der Waals surface area contributed by atoms with E-state index in [0.29, 0.717) is 5.56 Å². The maximum absolute atomic E-state index is 13.8. The molecule has 3 atom stereocenters. The lowest BCUT2D eigenvalue weighted by atomic mass is 9.83. The molecule has 11 nitrogen and oxygen atoms in total. The summed E-state index contributed by atoms with van der Waals surface area (Å²) in [6.07, 6.45) is -0.745. The topological polar surface area (TPSA) is 185 Å². The molecule has 0 aliphatic carbocycles. The number of benzene rings is 2. The molecule has 0 bridgehead atoms. The van der Waals surface area contributed by atoms with Crippen molar-refractivity contribution < 1.29 is 37.2 Å². The summed E-state index contributed by atoms with van der Waals surface area (Å²) in [4.78, 5) is 36.2. The van der Waals surface area contributed by atoms with Gasteiger partial charge < -0.3 is 26.2 Å². The molecule has 6 N–H and O–H groups in total. The first-order valence-corrected chi connectivity index (χ1v) is 13.0. The van der Waals surface area contributed by atoms with E-state index in [-0.39, 0.29) is 18.7 Å². The highest BCUT2D eigenvalue weighted by Crippen LogP contribution is 2.34. The van der Waals surface area contributed by atoms with Crippen LogP contribution in [0.3, 0.4) is 0 Å². The highest BCUT2D eigenvalue weighted by molar-refractivity contribution is 7.88. The number of hydrogen-bond donors (Lipinski definition) is 5. The van der Waals surface area contributed by atoms with Gasteiger partial charge in [0.05, 0.1) is 6.04 Å². The maximum Gasteiger partial charge on any atom is 0.337 e. The van der Waals surface area contributed by atoms with E-state index in [9.17, 15) is 32.5 Å². The Kier molecular flexibility index (Phi) is 9.93. The first-order chi connectivity index (χ1) is 17.3. The Bertz CT molecular complexity index is 1190. The molecule has 2 unspecified atom stereocenters. The summed E-state index contributed by atoms with van der Waals surface area (Å²) in [5.41, 5.74) is 3.66. The van der Waals surface area contributed by atoms with Crippen molar-refractivity contribution in [3.63, 3.8) is 0 Å². The van der Waals surface area contributed by atoms with Crippen molar-refractivity contribution in [1.82, 2.24) is 10.6 Å². The molecular formula is C25H33N3O8S. The van der Waals surface area contributed by atoms with Crippen molar-refractivity contribution in [2.45, 2.75) is 50.3 Å². The van der Waals surface area contributed by atoms with Gasteiger partial charge in [-0.05, 0) is 24.0 Å². The van der Waals surface area contributed by atoms with E-state index in [1.54, 1.807) is 62.4 Å². The first-order valence-electron chi connectivity index (χ1n) is 11.6. The van der Waals surface area contributed by atoms with Crippen LogP contribution in [-0.4, -0.2) is 58.9 Å². The van der Waals surface area contributed by atoms with E-state index in [0.717, 1.165) is 0 Å². The molecule has 2 rings (SSSR count). The van der Waals surface area contributed by atoms with Crippen molar-refractivity contribution in [3.8, 4) is 0 Å². The summed E-state index contributed by atoms with van der Waals surface area (Å²) in [5, 5.41) is 15.9. The molecule has 0 fully saturated rings. The second kappa shape index (κ2) is 12.3. The SMILES string of the molecule is CCNC(=O)C(O)(C(Cc1ccccc1)(NC(=O)[C@@H](N)C(C)C)C(=O)OCc1ccccc1)S(=O)(=O)O. The molecule has 0 heterocycles. The summed E-state index contributed by atoms with van der Waals surface area (Å²) in [5.74, 6) is -4.63. The summed E-state index contributed by atoms with van der Waals surface area (Å²) < 4.78 is 41.0. The number of aliphatic hydroxyl groups is 1. The molecule has 12 heteroatoms. The molecule has 0 saturated heterocycles. The Morgan fingerprint density at radius 3 is 1.97 bits per heavy atom. The Labute approximate surface area is 216 Å². The van der Waals surface area contributed by atoms with Crippen LogP contribution in [0, 0.1) is 5.92 Å². The Balaban J connectivity index is 2.81. The smallest absolute Gasteiger partial charge is 0.337 e. The molecule has 37 heavy (non-hydrogen) atoms. The van der Waals surface area contributed by atoms with Gasteiger partial charge in [0.25, 0.3) is 5.91 Å². The lowest BCUT2D eigenvalue weighted by molar-refractivity contribution is -0.168. The van der Waals surface area contributed by atoms with Crippen LogP contribution >= 0.6 is 0 Å². The normalized spacial score (nSPS) is 15.6. The standard InChI is InChI=1S/C25H33N3O8S/c1-4-27-22(30)25(32,37(33,34)35)24(15-18-11-7-5-8-12-18,28-21(29)20(26)17(2)3)23(31)36-16-19-13-9-6-10-14-19/h5-14,17,20,32H,4,15-16,26H2,1-3H3,(H,27,30)(H,28,29)(H,33,34,35)/t20-,24?,25?/m0/s1. The molecule has 0 radical (unpaired) electrons. The van der Waals surface area contributed by atoms with E-state index >= 15 is 0 Å². The Morgan fingerprint density at radius 2 is 1.51 bits per heavy atom. The fourth-order valence-corrected chi connectivity index (χ4v) is 4.62. The zero-order valence-electron chi connectivity index (χ0n) is 20.9. The number of esters is 1. The summed E-state index contributed by atoms with van der Waals surface area (Å²) in [6, 6.07) is 14.8. The maximum atomic E-state index is 13.8. The minimum atomic E-state index is -5.80. The van der Waals surface area contributed by atoms with Crippen molar-refractivity contribution >= 4 is 27.9 Å². The minimum Gasteiger partial charge on any atom is -0.459 e. The molecule has 2 aromatic carbocycles. The molecule has 0 saturated carbocycles. The number of ether oxygens (including phenoxy) is 1. The Morgan fingerprint density at radius 1 is 1.00 bits per heavy atom. The molecule has 2 aromatic rings. The average Bonchev–Trinajstić information content (AvgIpc) is 2.86. The van der Waals surface area contributed by atoms with Gasteiger partial charge in [0.1, 0.15) is 6.61 Å². The second-order valence-corrected chi connectivity index (χ2v) is 10.4. The van der Waals surface area contributed by atoms with Crippen LogP contribution in [0.2, 0.25) is 0 Å². The third-order valence-corrected chi connectivity index (χ3v) is 7.11. The average molecular weight is 536 g/mol. The highest BCUT2D eigenvalue weighted by Gasteiger charge is 2.70. The molecule has 0 aromatic heterocycles. The predicted octanol–water partition coefficient (Wildman–Crippen LogP) is 0.523. The quantitative estimate of drug-likeness (QED) is 0.191. The number of carbonyl (C=O) groups is 3. The lowest BCUT2D eigenvalue weighted by Crippen LogP contribution is -2.78. The van der Waals surface area contributed by atoms with Gasteiger partial charge in [-0.25, -0.2) is 4.79 Å². The van der Waals surface area contributed by atoms with Crippen LogP contribution in [-0.2, 0) is 42.3 Å². The van der Waals surface area contributed by atoms with Gasteiger partial charge >= 0.3 is 21.0 Å². The molecule has 0 aliphatic heterocycles. The predicted molar refractivity (Wildman–Crippen MR) is 135 cm³/mol. The second-order valence-electron chi connectivity index (χ2n) is 8.87. The zero-order chi connectivity index (χ0) is 27.9. The lowest BCUT2D eigenvalue weighted by Gasteiger charge is -2.42. The van der Waals surface area contributed by atoms with Gasteiger partial charge in [0, 0.05) is 13.0 Å². The number of nitrogens with one attached hydrogen (secondary N) is 2. The van der Waals surface area contributed by atoms with Crippen molar-refractivity contribution in [2.24, 2.45) is 11.7 Å². The summed E-state index contributed by atoms with van der Waals surface area (Å²) in [7, 11) is -5.80. The highest BCUT2D eigenvalue weighted by atomic mass is 32.2. The largest absolute Gasteiger partial charge is 0.459 e. The van der Waals surface area contributed by atoms with Crippen molar-refractivity contribution in [3.05, 3.63) is 71.8 Å². The zero-order valence-corrected chi connectivity index (χ0v) is 21.7. The van der Waals surface area contributed by atoms with Gasteiger partial charge in [0.15, 0.2) is 5.54 Å². The number of nitrogens with two attached hydrogens (primary N) is 1. The number of amides is 2. The molecular weight excluding hydrogens is 502 g/mol. The van der Waals surface area contributed by atoms with Crippen LogP contribution in [0.25, 0.3) is 0 Å². The summed E-state index contributed by atoms with van der Waals surface area (Å²) >= 11 is 0. The summed E-state index contributed by atoms with van der Waals surface area (Å²) in [6.45, 7) is 4.09. The third-order valence-electron chi connectivity index (χ3n) is 5.83. The Hall–Kier alpha value is -3.32. The molecule has 202 valence electrons. The number of hydrogen-bond acceptors (Lipinski definition) is 8. The third kappa shape index (κ3) is 6.52. The number of likely N-dealkylation sites (N-methyl/N-ethyl adjacent to an activating group) is 1. The van der Waals surface area contributed by atoms with Crippen LogP contribution in [0.4, 0.5) is 0 Å². The molecule has 0 spiro atoms. The van der Waals surface area contributed by atoms with E-state index < -0.39 is 56.8 Å². The van der Waals surface area contributed by atoms with Crippen LogP contribution in [0.5, 0.6) is 0 Å². The first kappa shape index (κ1) is 29.9. The van der Waals surface area contributed by atoms with Crippen LogP contribution in [0.1, 0.15) is 31.9 Å². The van der Waals surface area contributed by atoms with E-state index in [2.05, 4.69) is 10.6 Å². The van der Waals surface area contributed by atoms with Gasteiger partial charge in [-0.15, -0.1) is 0 Å². The van der Waals surface area contributed by atoms with E-state index in [1.807, 2.05) is 0 Å². The van der Waals surface area contributed by atoms with E-state index in [4.69, 9.17) is 10.5 Å². The molecule has 0 aliphatic rings. The monoisotopic (exact) mass is 535 g/mol. The molecule has 2 amide bonds. The van der Waals surface area contributed by atoms with Gasteiger partial charge in [-0.3, -0.25) is 14.1 Å². The van der Waals surface area contributed by atoms with Gasteiger partial charge in [0.2, 0.25) is 5.91 Å². The van der Waals surface area contributed by atoms with Crippen LogP contribution < -0.4 is 16.4 Å².